The highest BCUT2D eigenvalue weighted by Crippen LogP contribution is 2.47. The van der Waals surface area contributed by atoms with Gasteiger partial charge in [-0.05, 0) is 26.2 Å². The molecular formula is C17H25N3O5S. The van der Waals surface area contributed by atoms with E-state index in [9.17, 15) is 19.2 Å². The molecule has 0 aromatic carbocycles. The molecule has 0 aromatic heterocycles. The molecule has 26 heavy (non-hydrogen) atoms. The van der Waals surface area contributed by atoms with E-state index in [1.54, 1.807) is 28.6 Å². The van der Waals surface area contributed by atoms with Crippen LogP contribution >= 0.6 is 11.8 Å². The van der Waals surface area contributed by atoms with Gasteiger partial charge >= 0.3 is 5.97 Å². The summed E-state index contributed by atoms with van der Waals surface area (Å²) in [6, 6.07) is -0.504. The Hall–Kier alpha value is -1.77. The fraction of sp³-hybridized carbons (Fsp3) is 0.765. The fourth-order valence-corrected chi connectivity index (χ4v) is 5.44. The van der Waals surface area contributed by atoms with E-state index in [0.29, 0.717) is 38.1 Å². The molecule has 2 unspecified atom stereocenters. The first-order valence-electron chi connectivity index (χ1n) is 8.94. The summed E-state index contributed by atoms with van der Waals surface area (Å²) in [5.41, 5.74) is 0. The highest BCUT2D eigenvalue weighted by atomic mass is 32.2. The molecule has 3 rings (SSSR count). The van der Waals surface area contributed by atoms with Gasteiger partial charge < -0.3 is 19.8 Å². The van der Waals surface area contributed by atoms with Crippen LogP contribution in [0.3, 0.4) is 0 Å². The lowest BCUT2D eigenvalue weighted by Crippen LogP contribution is -2.52. The number of aliphatic carboxylic acids is 1. The van der Waals surface area contributed by atoms with Crippen LogP contribution in [0.2, 0.25) is 0 Å². The van der Waals surface area contributed by atoms with Crippen LogP contribution in [-0.2, 0) is 19.2 Å². The molecule has 0 saturated carbocycles. The second-order valence-corrected chi connectivity index (χ2v) is 8.95. The van der Waals surface area contributed by atoms with Crippen LogP contribution in [0, 0.1) is 5.92 Å². The van der Waals surface area contributed by atoms with Crippen LogP contribution in [0.4, 0.5) is 0 Å². The summed E-state index contributed by atoms with van der Waals surface area (Å²) in [5.74, 6) is -1.03. The van der Waals surface area contributed by atoms with E-state index in [2.05, 4.69) is 0 Å². The Bertz CT molecular complexity index is 634. The number of piperidine rings is 1. The summed E-state index contributed by atoms with van der Waals surface area (Å²) in [4.78, 5) is 52.8. The molecule has 1 N–H and O–H groups in total. The third-order valence-corrected chi connectivity index (χ3v) is 7.18. The van der Waals surface area contributed by atoms with Crippen molar-refractivity contribution in [1.29, 1.82) is 0 Å². The van der Waals surface area contributed by atoms with Crippen LogP contribution in [0.15, 0.2) is 0 Å². The van der Waals surface area contributed by atoms with Crippen molar-refractivity contribution in [3.05, 3.63) is 0 Å². The molecule has 3 saturated heterocycles. The van der Waals surface area contributed by atoms with Gasteiger partial charge in [-0.3, -0.25) is 19.2 Å². The summed E-state index contributed by atoms with van der Waals surface area (Å²) >= 11 is 1.63. The van der Waals surface area contributed by atoms with Crippen LogP contribution in [0.25, 0.3) is 0 Å². The number of rotatable bonds is 4. The fourth-order valence-electron chi connectivity index (χ4n) is 4.01. The molecule has 3 fully saturated rings. The third kappa shape index (κ3) is 3.41. The number of nitrogens with zero attached hydrogens (tertiary/aromatic N) is 3. The Morgan fingerprint density at radius 3 is 2.58 bits per heavy atom. The number of carboxylic acids is 1. The van der Waals surface area contributed by atoms with Gasteiger partial charge in [-0.1, -0.05) is 0 Å². The van der Waals surface area contributed by atoms with Crippen molar-refractivity contribution in [1.82, 2.24) is 14.7 Å². The van der Waals surface area contributed by atoms with Crippen molar-refractivity contribution < 1.29 is 24.3 Å². The minimum absolute atomic E-state index is 0.00585. The maximum absolute atomic E-state index is 12.8. The molecule has 2 atom stereocenters. The summed E-state index contributed by atoms with van der Waals surface area (Å²) in [7, 11) is 1.59. The number of carbonyl (C=O) groups excluding carboxylic acids is 3. The average molecular weight is 383 g/mol. The molecule has 3 aliphatic rings. The normalized spacial score (nSPS) is 29.0. The molecule has 0 aromatic rings. The third-order valence-electron chi connectivity index (χ3n) is 5.68. The van der Waals surface area contributed by atoms with Gasteiger partial charge in [0.1, 0.15) is 6.04 Å². The maximum atomic E-state index is 12.8. The molecule has 3 aliphatic heterocycles. The van der Waals surface area contributed by atoms with Crippen molar-refractivity contribution in [3.63, 3.8) is 0 Å². The number of carboxylic acid groups (broad SMARTS) is 1. The number of likely N-dealkylation sites (tertiary alicyclic amines) is 1. The molecule has 0 spiro atoms. The van der Waals surface area contributed by atoms with Crippen molar-refractivity contribution in [2.75, 3.05) is 32.4 Å². The highest BCUT2D eigenvalue weighted by Gasteiger charge is 2.53. The van der Waals surface area contributed by atoms with Gasteiger partial charge in [-0.25, -0.2) is 0 Å². The maximum Gasteiger partial charge on any atom is 0.306 e. The molecule has 0 aliphatic carbocycles. The lowest BCUT2D eigenvalue weighted by atomic mass is 9.97. The van der Waals surface area contributed by atoms with E-state index in [1.807, 2.05) is 6.92 Å². The number of hydrogen-bond acceptors (Lipinski definition) is 5. The van der Waals surface area contributed by atoms with E-state index in [4.69, 9.17) is 5.11 Å². The van der Waals surface area contributed by atoms with Gasteiger partial charge in [0.25, 0.3) is 0 Å². The molecule has 3 heterocycles. The first kappa shape index (κ1) is 19.0. The smallest absolute Gasteiger partial charge is 0.306 e. The number of likely N-dealkylation sites (N-methyl/N-ethyl adjacent to an activating group) is 1. The van der Waals surface area contributed by atoms with Gasteiger partial charge in [0.05, 0.1) is 17.3 Å². The summed E-state index contributed by atoms with van der Waals surface area (Å²) in [5, 5.41) is 9.03. The Morgan fingerprint density at radius 1 is 1.31 bits per heavy atom. The van der Waals surface area contributed by atoms with E-state index >= 15 is 0 Å². The molecule has 0 radical (unpaired) electrons. The minimum atomic E-state index is -0.818. The van der Waals surface area contributed by atoms with Gasteiger partial charge in [-0.15, -0.1) is 11.8 Å². The first-order valence-corrected chi connectivity index (χ1v) is 9.93. The standard InChI is InChI=1S/C17H25N3O5S/c1-17-6-3-13(21)20(17)12(10-26-17)15(23)18(2)9-14(22)19-7-4-11(5-8-19)16(24)25/h11-12H,3-10H2,1-2H3,(H,24,25). The lowest BCUT2D eigenvalue weighted by Gasteiger charge is -2.33. The van der Waals surface area contributed by atoms with Crippen molar-refractivity contribution in [3.8, 4) is 0 Å². The predicted molar refractivity (Wildman–Crippen MR) is 95.3 cm³/mol. The van der Waals surface area contributed by atoms with Crippen LogP contribution in [-0.4, -0.2) is 86.8 Å². The summed E-state index contributed by atoms with van der Waals surface area (Å²) < 4.78 is 0. The monoisotopic (exact) mass is 383 g/mol. The van der Waals surface area contributed by atoms with Crippen LogP contribution in [0.1, 0.15) is 32.6 Å². The van der Waals surface area contributed by atoms with E-state index in [1.165, 1.54) is 4.90 Å². The Balaban J connectivity index is 1.56. The van der Waals surface area contributed by atoms with E-state index < -0.39 is 17.9 Å². The molecule has 144 valence electrons. The molecule has 3 amide bonds. The van der Waals surface area contributed by atoms with Crippen molar-refractivity contribution >= 4 is 35.5 Å². The largest absolute Gasteiger partial charge is 0.481 e. The number of thioether (sulfide) groups is 1. The summed E-state index contributed by atoms with van der Waals surface area (Å²) in [6.45, 7) is 2.75. The number of fused-ring (bicyclic) bond motifs is 1. The topological polar surface area (TPSA) is 98.2 Å². The molecule has 0 bridgehead atoms. The van der Waals surface area contributed by atoms with Crippen LogP contribution in [0.5, 0.6) is 0 Å². The SMILES string of the molecule is CN(CC(=O)N1CCC(C(=O)O)CC1)C(=O)C1CSC2(C)CCC(=O)N12. The molecule has 9 heteroatoms. The lowest BCUT2D eigenvalue weighted by molar-refractivity contribution is -0.148. The van der Waals surface area contributed by atoms with Crippen molar-refractivity contribution in [2.45, 2.75) is 43.5 Å². The molecular weight excluding hydrogens is 358 g/mol. The van der Waals surface area contributed by atoms with Gasteiger partial charge in [-0.2, -0.15) is 0 Å². The Labute approximate surface area is 156 Å². The van der Waals surface area contributed by atoms with Gasteiger partial charge in [0.15, 0.2) is 0 Å². The molecule has 8 nitrogen and oxygen atoms in total. The number of hydrogen-bond donors (Lipinski definition) is 1. The zero-order valence-corrected chi connectivity index (χ0v) is 16.0. The second kappa shape index (κ2) is 7.09. The van der Waals surface area contributed by atoms with E-state index in [0.717, 1.165) is 6.42 Å². The first-order chi connectivity index (χ1) is 12.2. The Kier molecular flexibility index (Phi) is 5.18. The minimum Gasteiger partial charge on any atom is -0.481 e. The summed E-state index contributed by atoms with van der Waals surface area (Å²) in [6.07, 6.45) is 2.10. The van der Waals surface area contributed by atoms with Gasteiger partial charge in [0.2, 0.25) is 17.7 Å². The zero-order chi connectivity index (χ0) is 19.1. The van der Waals surface area contributed by atoms with Crippen molar-refractivity contribution in [2.24, 2.45) is 5.92 Å². The average Bonchev–Trinajstić information content (AvgIpc) is 3.10. The van der Waals surface area contributed by atoms with Crippen LogP contribution < -0.4 is 0 Å². The predicted octanol–water partition coefficient (Wildman–Crippen LogP) is 0.222. The highest BCUT2D eigenvalue weighted by molar-refractivity contribution is 8.01. The second-order valence-electron chi connectivity index (χ2n) is 7.45. The Morgan fingerprint density at radius 2 is 1.96 bits per heavy atom. The number of amides is 3. The van der Waals surface area contributed by atoms with Gasteiger partial charge in [0, 0.05) is 32.3 Å². The number of carbonyl (C=O) groups is 4. The quantitative estimate of drug-likeness (QED) is 0.746. The van der Waals surface area contributed by atoms with E-state index in [-0.39, 0.29) is 29.1 Å². The zero-order valence-electron chi connectivity index (χ0n) is 15.1.